The van der Waals surface area contributed by atoms with Crippen molar-refractivity contribution >= 4 is 16.0 Å². The summed E-state index contributed by atoms with van der Waals surface area (Å²) in [5.41, 5.74) is -1.03. The predicted octanol–water partition coefficient (Wildman–Crippen LogP) is 0.429. The zero-order chi connectivity index (χ0) is 15.6. The Morgan fingerprint density at radius 2 is 1.75 bits per heavy atom. The molecule has 3 N–H and O–H groups in total. The molecule has 0 saturated carbocycles. The lowest BCUT2D eigenvalue weighted by molar-refractivity contribution is -0.140. The quantitative estimate of drug-likeness (QED) is 0.731. The van der Waals surface area contributed by atoms with E-state index in [1.165, 1.54) is 0 Å². The molecule has 0 amide bonds. The average Bonchev–Trinajstić information content (AvgIpc) is 2.35. The highest BCUT2D eigenvalue weighted by Gasteiger charge is 2.31. The van der Waals surface area contributed by atoms with Gasteiger partial charge in [0, 0.05) is 0 Å². The molecule has 10 heteroatoms. The summed E-state index contributed by atoms with van der Waals surface area (Å²) in [6.45, 7) is -0.991. The SMILES string of the molecule is O=C(O)C(CO)NS(=O)(=O)c1ccc(C(F)(F)F)cc1. The van der Waals surface area contributed by atoms with Crippen molar-refractivity contribution in [2.24, 2.45) is 0 Å². The van der Waals surface area contributed by atoms with Crippen LogP contribution in [0.2, 0.25) is 0 Å². The minimum Gasteiger partial charge on any atom is -0.480 e. The fourth-order valence-electron chi connectivity index (χ4n) is 1.24. The first-order valence-electron chi connectivity index (χ1n) is 5.11. The van der Waals surface area contributed by atoms with Crippen LogP contribution < -0.4 is 4.72 Å². The number of nitrogens with one attached hydrogen (secondary N) is 1. The number of carboxylic acid groups (broad SMARTS) is 1. The first-order chi connectivity index (χ1) is 9.08. The molecular formula is C10H10F3NO5S. The second-order valence-corrected chi connectivity index (χ2v) is 5.43. The lowest BCUT2D eigenvalue weighted by atomic mass is 10.2. The summed E-state index contributed by atoms with van der Waals surface area (Å²) in [6, 6.07) is 0.734. The summed E-state index contributed by atoms with van der Waals surface area (Å²) >= 11 is 0. The number of aliphatic carboxylic acids is 1. The summed E-state index contributed by atoms with van der Waals surface area (Å²) in [5.74, 6) is -1.61. The van der Waals surface area contributed by atoms with E-state index in [2.05, 4.69) is 0 Å². The van der Waals surface area contributed by atoms with Crippen LogP contribution in [0.3, 0.4) is 0 Å². The molecular weight excluding hydrogens is 303 g/mol. The molecule has 0 heterocycles. The van der Waals surface area contributed by atoms with E-state index in [9.17, 15) is 26.4 Å². The van der Waals surface area contributed by atoms with E-state index in [0.29, 0.717) is 24.3 Å². The molecule has 112 valence electrons. The van der Waals surface area contributed by atoms with E-state index in [4.69, 9.17) is 10.2 Å². The summed E-state index contributed by atoms with van der Waals surface area (Å²) < 4.78 is 62.0. The summed E-state index contributed by atoms with van der Waals surface area (Å²) in [6.07, 6.45) is -4.61. The van der Waals surface area contributed by atoms with E-state index in [1.54, 1.807) is 4.72 Å². The molecule has 0 radical (unpaired) electrons. The van der Waals surface area contributed by atoms with Gasteiger partial charge in [-0.05, 0) is 24.3 Å². The van der Waals surface area contributed by atoms with E-state index >= 15 is 0 Å². The van der Waals surface area contributed by atoms with Gasteiger partial charge in [0.1, 0.15) is 6.04 Å². The van der Waals surface area contributed by atoms with Gasteiger partial charge in [0.15, 0.2) is 0 Å². The number of alkyl halides is 3. The minimum absolute atomic E-state index is 0.537. The zero-order valence-electron chi connectivity index (χ0n) is 9.76. The number of aliphatic hydroxyl groups excluding tert-OH is 1. The van der Waals surface area contributed by atoms with Crippen LogP contribution in [-0.2, 0) is 21.0 Å². The zero-order valence-corrected chi connectivity index (χ0v) is 10.6. The highest BCUT2D eigenvalue weighted by Crippen LogP contribution is 2.29. The van der Waals surface area contributed by atoms with Crippen molar-refractivity contribution in [2.45, 2.75) is 17.1 Å². The third-order valence-electron chi connectivity index (χ3n) is 2.27. The predicted molar refractivity (Wildman–Crippen MR) is 60.3 cm³/mol. The molecule has 0 spiro atoms. The van der Waals surface area contributed by atoms with E-state index < -0.39 is 45.3 Å². The van der Waals surface area contributed by atoms with Crippen LogP contribution in [0.1, 0.15) is 5.56 Å². The lowest BCUT2D eigenvalue weighted by Crippen LogP contribution is -2.43. The normalized spacial score (nSPS) is 14.0. The molecule has 20 heavy (non-hydrogen) atoms. The number of rotatable bonds is 5. The molecule has 0 aliphatic rings. The highest BCUT2D eigenvalue weighted by atomic mass is 32.2. The number of hydrogen-bond donors (Lipinski definition) is 3. The topological polar surface area (TPSA) is 104 Å². The van der Waals surface area contributed by atoms with Gasteiger partial charge in [-0.2, -0.15) is 17.9 Å². The second-order valence-electron chi connectivity index (χ2n) is 3.72. The molecule has 0 saturated heterocycles. The largest absolute Gasteiger partial charge is 0.480 e. The van der Waals surface area contributed by atoms with Crippen LogP contribution in [0.25, 0.3) is 0 Å². The molecule has 0 bridgehead atoms. The molecule has 6 nitrogen and oxygen atoms in total. The summed E-state index contributed by atoms with van der Waals surface area (Å²) in [7, 11) is -4.34. The number of halogens is 3. The third kappa shape index (κ3) is 3.92. The van der Waals surface area contributed by atoms with Crippen LogP contribution in [-0.4, -0.2) is 37.2 Å². The fraction of sp³-hybridized carbons (Fsp3) is 0.300. The van der Waals surface area contributed by atoms with Gasteiger partial charge in [-0.1, -0.05) is 0 Å². The highest BCUT2D eigenvalue weighted by molar-refractivity contribution is 7.89. The summed E-state index contributed by atoms with van der Waals surface area (Å²) in [4.78, 5) is 10.1. The molecule has 0 aliphatic heterocycles. The Morgan fingerprint density at radius 3 is 2.10 bits per heavy atom. The van der Waals surface area contributed by atoms with Crippen LogP contribution in [0.4, 0.5) is 13.2 Å². The van der Waals surface area contributed by atoms with Crippen molar-refractivity contribution in [1.82, 2.24) is 4.72 Å². The van der Waals surface area contributed by atoms with Crippen molar-refractivity contribution in [3.63, 3.8) is 0 Å². The monoisotopic (exact) mass is 313 g/mol. The molecule has 1 aromatic rings. The lowest BCUT2D eigenvalue weighted by Gasteiger charge is -2.13. The number of aliphatic hydroxyl groups is 1. The van der Waals surface area contributed by atoms with Crippen LogP contribution in [0.5, 0.6) is 0 Å². The van der Waals surface area contributed by atoms with E-state index in [-0.39, 0.29) is 0 Å². The van der Waals surface area contributed by atoms with Gasteiger partial charge in [-0.25, -0.2) is 8.42 Å². The van der Waals surface area contributed by atoms with E-state index in [0.717, 1.165) is 0 Å². The summed E-state index contributed by atoms with van der Waals surface area (Å²) in [5, 5.41) is 17.3. The van der Waals surface area contributed by atoms with Gasteiger partial charge in [0.05, 0.1) is 17.1 Å². The van der Waals surface area contributed by atoms with Crippen LogP contribution in [0.15, 0.2) is 29.2 Å². The van der Waals surface area contributed by atoms with Crippen molar-refractivity contribution in [3.05, 3.63) is 29.8 Å². The van der Waals surface area contributed by atoms with Gasteiger partial charge in [-0.3, -0.25) is 4.79 Å². The maximum Gasteiger partial charge on any atom is 0.416 e. The average molecular weight is 313 g/mol. The Hall–Kier alpha value is -1.65. The Labute approximate surface area is 111 Å². The van der Waals surface area contributed by atoms with Gasteiger partial charge in [0.2, 0.25) is 10.0 Å². The Morgan fingerprint density at radius 1 is 1.25 bits per heavy atom. The molecule has 1 rings (SSSR count). The molecule has 0 aliphatic carbocycles. The number of benzene rings is 1. The van der Waals surface area contributed by atoms with Crippen molar-refractivity contribution < 1.29 is 36.6 Å². The number of carbonyl (C=O) groups is 1. The first-order valence-corrected chi connectivity index (χ1v) is 6.59. The maximum absolute atomic E-state index is 12.3. The van der Waals surface area contributed by atoms with Crippen molar-refractivity contribution in [2.75, 3.05) is 6.61 Å². The molecule has 1 aromatic carbocycles. The van der Waals surface area contributed by atoms with Gasteiger partial charge >= 0.3 is 12.1 Å². The smallest absolute Gasteiger partial charge is 0.416 e. The second kappa shape index (κ2) is 5.77. The van der Waals surface area contributed by atoms with E-state index in [1.807, 2.05) is 0 Å². The van der Waals surface area contributed by atoms with Gasteiger partial charge in [-0.15, -0.1) is 0 Å². The molecule has 0 fully saturated rings. The van der Waals surface area contributed by atoms with Crippen LogP contribution in [0, 0.1) is 0 Å². The standard InChI is InChI=1S/C10H10F3NO5S/c11-10(12,13)6-1-3-7(4-2-6)20(18,19)14-8(5-15)9(16)17/h1-4,8,14-15H,5H2,(H,16,17). The number of sulfonamides is 1. The van der Waals surface area contributed by atoms with Gasteiger partial charge < -0.3 is 10.2 Å². The maximum atomic E-state index is 12.3. The number of hydrogen-bond acceptors (Lipinski definition) is 4. The Balaban J connectivity index is 3.02. The molecule has 1 unspecified atom stereocenters. The Kier molecular flexibility index (Phi) is 4.73. The fourth-order valence-corrected chi connectivity index (χ4v) is 2.42. The first kappa shape index (κ1) is 16.4. The molecule has 0 aromatic heterocycles. The van der Waals surface area contributed by atoms with Gasteiger partial charge in [0.25, 0.3) is 0 Å². The number of carboxylic acids is 1. The Bertz CT molecular complexity index is 582. The third-order valence-corrected chi connectivity index (χ3v) is 3.76. The minimum atomic E-state index is -4.61. The molecule has 1 atom stereocenters. The van der Waals surface area contributed by atoms with Crippen molar-refractivity contribution in [1.29, 1.82) is 0 Å². The van der Waals surface area contributed by atoms with Crippen molar-refractivity contribution in [3.8, 4) is 0 Å². The van der Waals surface area contributed by atoms with Crippen LogP contribution >= 0.6 is 0 Å².